The summed E-state index contributed by atoms with van der Waals surface area (Å²) in [6, 6.07) is 69.9. The van der Waals surface area contributed by atoms with Crippen LogP contribution in [0.1, 0.15) is 0 Å². The lowest BCUT2D eigenvalue weighted by molar-refractivity contribution is 0.669. The predicted molar refractivity (Wildman–Crippen MR) is 235 cm³/mol. The summed E-state index contributed by atoms with van der Waals surface area (Å²) in [5, 5.41) is 11.8. The quantitative estimate of drug-likeness (QED) is 0.170. The molecule has 56 heavy (non-hydrogen) atoms. The van der Waals surface area contributed by atoms with Crippen molar-refractivity contribution in [1.29, 1.82) is 0 Å². The molecule has 260 valence electrons. The van der Waals surface area contributed by atoms with E-state index in [9.17, 15) is 0 Å². The number of hydrogen-bond donors (Lipinski definition) is 0. The molecule has 0 aliphatic rings. The van der Waals surface area contributed by atoms with Gasteiger partial charge in [0.25, 0.3) is 0 Å². The summed E-state index contributed by atoms with van der Waals surface area (Å²) in [5.41, 5.74) is 13.2. The number of fused-ring (bicyclic) bond motifs is 10. The van der Waals surface area contributed by atoms with Crippen molar-refractivity contribution in [3.05, 3.63) is 194 Å². The number of benzene rings is 10. The molecule has 2 nitrogen and oxygen atoms in total. The summed E-state index contributed by atoms with van der Waals surface area (Å²) in [6.45, 7) is 0. The number of furan rings is 2. The lowest BCUT2D eigenvalue weighted by Crippen LogP contribution is -1.91. The van der Waals surface area contributed by atoms with E-state index < -0.39 is 0 Å². The smallest absolute Gasteiger partial charge is 0.143 e. The van der Waals surface area contributed by atoms with Crippen LogP contribution in [0.3, 0.4) is 0 Å². The molecule has 0 amide bonds. The van der Waals surface area contributed by atoms with Crippen molar-refractivity contribution in [3.8, 4) is 44.5 Å². The van der Waals surface area contributed by atoms with Crippen LogP contribution in [0.2, 0.25) is 0 Å². The Hall–Kier alpha value is -7.42. The number of rotatable bonds is 4. The number of hydrogen-bond acceptors (Lipinski definition) is 2. The van der Waals surface area contributed by atoms with Crippen LogP contribution in [0.4, 0.5) is 0 Å². The Morgan fingerprint density at radius 2 is 0.804 bits per heavy atom. The third-order valence-corrected chi connectivity index (χ3v) is 11.6. The maximum Gasteiger partial charge on any atom is 0.143 e. The van der Waals surface area contributed by atoms with E-state index in [1.165, 1.54) is 65.9 Å². The van der Waals surface area contributed by atoms with Crippen molar-refractivity contribution < 1.29 is 8.83 Å². The molecular weight excluding hydrogens is 681 g/mol. The number of para-hydroxylation sites is 1. The topological polar surface area (TPSA) is 26.3 Å². The van der Waals surface area contributed by atoms with Crippen LogP contribution >= 0.6 is 0 Å². The third-order valence-electron chi connectivity index (χ3n) is 11.6. The first-order valence-electron chi connectivity index (χ1n) is 19.2. The maximum absolute atomic E-state index is 6.58. The molecule has 0 saturated carbocycles. The summed E-state index contributed by atoms with van der Waals surface area (Å²) < 4.78 is 12.7. The highest BCUT2D eigenvalue weighted by molar-refractivity contribution is 6.22. The molecule has 12 rings (SSSR count). The molecule has 0 fully saturated rings. The van der Waals surface area contributed by atoms with E-state index in [4.69, 9.17) is 8.83 Å². The molecule has 0 radical (unpaired) electrons. The van der Waals surface area contributed by atoms with Gasteiger partial charge in [-0.2, -0.15) is 0 Å². The van der Waals surface area contributed by atoms with Crippen molar-refractivity contribution in [1.82, 2.24) is 0 Å². The van der Waals surface area contributed by atoms with Crippen LogP contribution in [0, 0.1) is 0 Å². The second-order valence-electron chi connectivity index (χ2n) is 14.8. The van der Waals surface area contributed by atoms with Gasteiger partial charge in [-0.25, -0.2) is 0 Å². The lowest BCUT2D eigenvalue weighted by Gasteiger charge is -2.18. The van der Waals surface area contributed by atoms with Crippen LogP contribution < -0.4 is 0 Å². The van der Waals surface area contributed by atoms with Crippen LogP contribution in [-0.4, -0.2) is 0 Å². The first-order valence-corrected chi connectivity index (χ1v) is 19.2. The van der Waals surface area contributed by atoms with Gasteiger partial charge in [-0.3, -0.25) is 0 Å². The monoisotopic (exact) mass is 712 g/mol. The predicted octanol–water partition coefficient (Wildman–Crippen LogP) is 15.6. The van der Waals surface area contributed by atoms with Crippen LogP contribution in [-0.2, 0) is 0 Å². The zero-order valence-electron chi connectivity index (χ0n) is 30.3. The Labute approximate surface area is 322 Å². The van der Waals surface area contributed by atoms with Crippen molar-refractivity contribution in [2.75, 3.05) is 0 Å². The van der Waals surface area contributed by atoms with Gasteiger partial charge in [-0.15, -0.1) is 0 Å². The Morgan fingerprint density at radius 3 is 1.54 bits per heavy atom. The molecule has 0 aliphatic carbocycles. The fraction of sp³-hybridized carbons (Fsp3) is 0. The van der Waals surface area contributed by atoms with E-state index >= 15 is 0 Å². The van der Waals surface area contributed by atoms with E-state index in [1.807, 2.05) is 12.1 Å². The van der Waals surface area contributed by atoms with Gasteiger partial charge in [0.15, 0.2) is 0 Å². The van der Waals surface area contributed by atoms with Crippen molar-refractivity contribution in [3.63, 3.8) is 0 Å². The van der Waals surface area contributed by atoms with Gasteiger partial charge in [-0.05, 0) is 114 Å². The fourth-order valence-corrected chi connectivity index (χ4v) is 9.15. The average Bonchev–Trinajstić information content (AvgIpc) is 3.84. The second-order valence-corrected chi connectivity index (χ2v) is 14.8. The summed E-state index contributed by atoms with van der Waals surface area (Å²) in [5.74, 6) is 0. The van der Waals surface area contributed by atoms with E-state index in [0.29, 0.717) is 0 Å². The molecule has 2 heterocycles. The highest BCUT2D eigenvalue weighted by Crippen LogP contribution is 2.46. The van der Waals surface area contributed by atoms with E-state index in [-0.39, 0.29) is 0 Å². The zero-order chi connectivity index (χ0) is 36.7. The molecule has 2 heteroatoms. The second kappa shape index (κ2) is 12.0. The van der Waals surface area contributed by atoms with Crippen molar-refractivity contribution in [2.24, 2.45) is 0 Å². The highest BCUT2D eigenvalue weighted by atomic mass is 16.3. The minimum Gasteiger partial charge on any atom is -0.456 e. The molecule has 0 aliphatic heterocycles. The standard InChI is InChI=1S/C54H32O2/c1-2-17-40-33(12-1)26-28-46-53-39(23-11-25-50(53)56-54(40)46)36-14-10-16-38(31-36)52-44-21-5-3-19-42(44)51(43-20-4-6-22-45(43)52)37-15-9-13-34(30-37)35-27-29-49-47(32-35)41-18-7-8-24-48(41)55-49/h1-32H. The summed E-state index contributed by atoms with van der Waals surface area (Å²) in [7, 11) is 0. The molecule has 0 atom stereocenters. The minimum absolute atomic E-state index is 0.903. The lowest BCUT2D eigenvalue weighted by atomic mass is 9.85. The Morgan fingerprint density at radius 1 is 0.268 bits per heavy atom. The largest absolute Gasteiger partial charge is 0.456 e. The molecule has 10 aromatic carbocycles. The third kappa shape index (κ3) is 4.63. The molecule has 0 unspecified atom stereocenters. The van der Waals surface area contributed by atoms with Crippen molar-refractivity contribution >= 4 is 76.2 Å². The van der Waals surface area contributed by atoms with Crippen LogP contribution in [0.25, 0.3) is 121 Å². The maximum atomic E-state index is 6.58. The Kier molecular flexibility index (Phi) is 6.66. The molecule has 0 saturated heterocycles. The van der Waals surface area contributed by atoms with Gasteiger partial charge in [-0.1, -0.05) is 152 Å². The van der Waals surface area contributed by atoms with Gasteiger partial charge in [0.1, 0.15) is 22.3 Å². The molecular formula is C54H32O2. The fourth-order valence-electron chi connectivity index (χ4n) is 9.15. The molecule has 0 N–H and O–H groups in total. The van der Waals surface area contributed by atoms with Gasteiger partial charge in [0.05, 0.1) is 0 Å². The highest BCUT2D eigenvalue weighted by Gasteiger charge is 2.19. The normalized spacial score (nSPS) is 11.9. The molecule has 0 bridgehead atoms. The van der Waals surface area contributed by atoms with Crippen LogP contribution in [0.5, 0.6) is 0 Å². The first kappa shape index (κ1) is 31.0. The van der Waals surface area contributed by atoms with Gasteiger partial charge in [0, 0.05) is 26.9 Å². The minimum atomic E-state index is 0.903. The van der Waals surface area contributed by atoms with Crippen LogP contribution in [0.15, 0.2) is 203 Å². The van der Waals surface area contributed by atoms with E-state index in [2.05, 4.69) is 182 Å². The zero-order valence-corrected chi connectivity index (χ0v) is 30.3. The Balaban J connectivity index is 1.04. The molecule has 0 spiro atoms. The molecule has 12 aromatic rings. The van der Waals surface area contributed by atoms with E-state index in [0.717, 1.165) is 54.8 Å². The van der Waals surface area contributed by atoms with Crippen molar-refractivity contribution in [2.45, 2.75) is 0 Å². The summed E-state index contributed by atoms with van der Waals surface area (Å²) >= 11 is 0. The average molecular weight is 713 g/mol. The van der Waals surface area contributed by atoms with E-state index in [1.54, 1.807) is 0 Å². The molecule has 2 aromatic heterocycles. The SMILES string of the molecule is c1cc(-c2ccc3oc4ccccc4c3c2)cc(-c2c3ccccc3c(-c3cccc(-c4cccc5oc6c7ccccc7ccc6c45)c3)c3ccccc23)c1. The van der Waals surface area contributed by atoms with Gasteiger partial charge < -0.3 is 8.83 Å². The summed E-state index contributed by atoms with van der Waals surface area (Å²) in [4.78, 5) is 0. The van der Waals surface area contributed by atoms with Gasteiger partial charge >= 0.3 is 0 Å². The van der Waals surface area contributed by atoms with Gasteiger partial charge in [0.2, 0.25) is 0 Å². The summed E-state index contributed by atoms with van der Waals surface area (Å²) in [6.07, 6.45) is 0. The Bertz CT molecular complexity index is 3490. The first-order chi connectivity index (χ1) is 27.8.